The van der Waals surface area contributed by atoms with Crippen molar-refractivity contribution in [2.75, 3.05) is 11.9 Å². The molecule has 3 rings (SSSR count). The van der Waals surface area contributed by atoms with Gasteiger partial charge >= 0.3 is 5.97 Å². The lowest BCUT2D eigenvalue weighted by atomic mass is 10.1. The van der Waals surface area contributed by atoms with Gasteiger partial charge in [0.05, 0.1) is 12.3 Å². The van der Waals surface area contributed by atoms with Crippen LogP contribution < -0.4 is 10.1 Å². The number of para-hydroxylation sites is 3. The average Bonchev–Trinajstić information content (AvgIpc) is 3.04. The topological polar surface area (TPSA) is 104 Å². The van der Waals surface area contributed by atoms with Gasteiger partial charge in [0.15, 0.2) is 0 Å². The average molecular weight is 389 g/mol. The molecule has 0 aliphatic carbocycles. The van der Waals surface area contributed by atoms with Gasteiger partial charge in [-0.3, -0.25) is 9.59 Å². The Morgan fingerprint density at radius 3 is 2.66 bits per heavy atom. The van der Waals surface area contributed by atoms with Crippen LogP contribution in [0.4, 0.5) is 5.69 Å². The minimum Gasteiger partial charge on any atom is -0.492 e. The zero-order chi connectivity index (χ0) is 20.8. The molecule has 1 amide bonds. The largest absolute Gasteiger partial charge is 0.492 e. The van der Waals surface area contributed by atoms with E-state index >= 15 is 0 Å². The molecule has 2 aromatic carbocycles. The molecule has 0 saturated heterocycles. The molecule has 1 heterocycles. The van der Waals surface area contributed by atoms with Crippen LogP contribution in [0.3, 0.4) is 0 Å². The number of hydrogen-bond acceptors (Lipinski definition) is 4. The van der Waals surface area contributed by atoms with Crippen molar-refractivity contribution in [2.45, 2.75) is 13.5 Å². The van der Waals surface area contributed by atoms with Gasteiger partial charge in [0, 0.05) is 22.7 Å². The predicted molar refractivity (Wildman–Crippen MR) is 109 cm³/mol. The molecule has 0 fully saturated rings. The van der Waals surface area contributed by atoms with Gasteiger partial charge in [0.25, 0.3) is 5.91 Å². The SMILES string of the molecule is CCOc1ccccc1NC(=O)/C(C#N)=C/c1cn(CC(=O)O)c2ccccc12. The van der Waals surface area contributed by atoms with Crippen molar-refractivity contribution >= 4 is 34.5 Å². The van der Waals surface area contributed by atoms with Gasteiger partial charge in [-0.1, -0.05) is 30.3 Å². The Bertz CT molecular complexity index is 1140. The quantitative estimate of drug-likeness (QED) is 0.474. The van der Waals surface area contributed by atoms with Crippen LogP contribution in [-0.2, 0) is 16.1 Å². The number of benzene rings is 2. The number of aromatic nitrogens is 1. The van der Waals surface area contributed by atoms with E-state index in [1.807, 2.05) is 25.1 Å². The first-order chi connectivity index (χ1) is 14.0. The Balaban J connectivity index is 1.95. The van der Waals surface area contributed by atoms with Crippen molar-refractivity contribution in [3.63, 3.8) is 0 Å². The summed E-state index contributed by atoms with van der Waals surface area (Å²) in [6, 6.07) is 16.1. The number of carbonyl (C=O) groups excluding carboxylic acids is 1. The smallest absolute Gasteiger partial charge is 0.323 e. The molecule has 0 unspecified atom stereocenters. The van der Waals surface area contributed by atoms with Gasteiger partial charge in [0.2, 0.25) is 0 Å². The van der Waals surface area contributed by atoms with E-state index in [0.717, 1.165) is 5.39 Å². The number of hydrogen-bond donors (Lipinski definition) is 2. The molecular formula is C22H19N3O4. The van der Waals surface area contributed by atoms with Crippen molar-refractivity contribution in [1.82, 2.24) is 4.57 Å². The molecule has 0 saturated carbocycles. The van der Waals surface area contributed by atoms with Crippen LogP contribution in [0.1, 0.15) is 12.5 Å². The number of rotatable bonds is 7. The highest BCUT2D eigenvalue weighted by Crippen LogP contribution is 2.26. The summed E-state index contributed by atoms with van der Waals surface area (Å²) in [6.45, 7) is 2.06. The van der Waals surface area contributed by atoms with Crippen LogP contribution in [0.15, 0.2) is 60.3 Å². The van der Waals surface area contributed by atoms with E-state index < -0.39 is 11.9 Å². The monoisotopic (exact) mass is 389 g/mol. The van der Waals surface area contributed by atoms with Crippen LogP contribution in [0.5, 0.6) is 5.75 Å². The lowest BCUT2D eigenvalue weighted by molar-refractivity contribution is -0.137. The number of nitrogens with zero attached hydrogens (tertiary/aromatic N) is 2. The van der Waals surface area contributed by atoms with Gasteiger partial charge in [-0.05, 0) is 31.2 Å². The molecule has 1 aromatic heterocycles. The van der Waals surface area contributed by atoms with Crippen molar-refractivity contribution in [3.05, 3.63) is 65.9 Å². The van der Waals surface area contributed by atoms with Crippen LogP contribution >= 0.6 is 0 Å². The number of ether oxygens (including phenoxy) is 1. The summed E-state index contributed by atoms with van der Waals surface area (Å²) in [7, 11) is 0. The summed E-state index contributed by atoms with van der Waals surface area (Å²) in [5, 5.41) is 22.1. The zero-order valence-electron chi connectivity index (χ0n) is 15.8. The maximum Gasteiger partial charge on any atom is 0.323 e. The second-order valence-corrected chi connectivity index (χ2v) is 6.18. The number of carboxylic acids is 1. The minimum absolute atomic E-state index is 0.102. The first-order valence-corrected chi connectivity index (χ1v) is 8.98. The van der Waals surface area contributed by atoms with E-state index in [0.29, 0.717) is 29.1 Å². The Kier molecular flexibility index (Phi) is 5.95. The van der Waals surface area contributed by atoms with E-state index in [1.165, 1.54) is 6.08 Å². The van der Waals surface area contributed by atoms with Gasteiger partial charge in [0.1, 0.15) is 23.9 Å². The molecule has 2 N–H and O–H groups in total. The van der Waals surface area contributed by atoms with Gasteiger partial charge in [-0.2, -0.15) is 5.26 Å². The Hall–Kier alpha value is -4.05. The summed E-state index contributed by atoms with van der Waals surface area (Å²) in [6.07, 6.45) is 3.08. The second kappa shape index (κ2) is 8.76. The minimum atomic E-state index is -0.980. The van der Waals surface area contributed by atoms with Crippen LogP contribution in [0, 0.1) is 11.3 Å². The standard InChI is InChI=1S/C22H19N3O4/c1-2-29-20-10-6-4-8-18(20)24-22(28)15(12-23)11-16-13-25(14-21(26)27)19-9-5-3-7-17(16)19/h3-11,13H,2,14H2,1H3,(H,24,28)(H,26,27)/b15-11+. The fourth-order valence-electron chi connectivity index (χ4n) is 3.01. The Morgan fingerprint density at radius 1 is 1.21 bits per heavy atom. The lowest BCUT2D eigenvalue weighted by Crippen LogP contribution is -2.14. The van der Waals surface area contributed by atoms with E-state index in [-0.39, 0.29) is 12.1 Å². The van der Waals surface area contributed by atoms with Crippen molar-refractivity contribution < 1.29 is 19.4 Å². The number of anilines is 1. The fraction of sp³-hybridized carbons (Fsp3) is 0.136. The summed E-state index contributed by atoms with van der Waals surface area (Å²) >= 11 is 0. The normalized spacial score (nSPS) is 11.1. The second-order valence-electron chi connectivity index (χ2n) is 6.18. The number of nitriles is 1. The van der Waals surface area contributed by atoms with E-state index in [2.05, 4.69) is 5.32 Å². The molecule has 7 nitrogen and oxygen atoms in total. The number of nitrogens with one attached hydrogen (secondary N) is 1. The maximum absolute atomic E-state index is 12.7. The van der Waals surface area contributed by atoms with Crippen molar-refractivity contribution in [3.8, 4) is 11.8 Å². The molecule has 0 radical (unpaired) electrons. The molecule has 29 heavy (non-hydrogen) atoms. The Morgan fingerprint density at radius 2 is 1.93 bits per heavy atom. The van der Waals surface area contributed by atoms with Gasteiger partial charge in [-0.25, -0.2) is 0 Å². The maximum atomic E-state index is 12.7. The highest BCUT2D eigenvalue weighted by Gasteiger charge is 2.15. The van der Waals surface area contributed by atoms with Crippen molar-refractivity contribution in [2.24, 2.45) is 0 Å². The summed E-state index contributed by atoms with van der Waals surface area (Å²) in [4.78, 5) is 23.8. The van der Waals surface area contributed by atoms with Crippen molar-refractivity contribution in [1.29, 1.82) is 5.26 Å². The highest BCUT2D eigenvalue weighted by molar-refractivity contribution is 6.11. The highest BCUT2D eigenvalue weighted by atomic mass is 16.5. The number of fused-ring (bicyclic) bond motifs is 1. The first kappa shape index (κ1) is 19.7. The van der Waals surface area contributed by atoms with Crippen LogP contribution in [0.25, 0.3) is 17.0 Å². The molecule has 0 atom stereocenters. The molecule has 146 valence electrons. The predicted octanol–water partition coefficient (Wildman–Crippen LogP) is 3.67. The number of amides is 1. The lowest BCUT2D eigenvalue weighted by Gasteiger charge is -2.10. The summed E-state index contributed by atoms with van der Waals surface area (Å²) in [5.74, 6) is -1.04. The van der Waals surface area contributed by atoms with Gasteiger partial charge in [-0.15, -0.1) is 0 Å². The number of aliphatic carboxylic acids is 1. The molecule has 0 spiro atoms. The van der Waals surface area contributed by atoms with E-state index in [9.17, 15) is 14.9 Å². The molecular weight excluding hydrogens is 370 g/mol. The summed E-state index contributed by atoms with van der Waals surface area (Å²) in [5.41, 5.74) is 1.66. The molecule has 3 aromatic rings. The fourth-order valence-corrected chi connectivity index (χ4v) is 3.01. The third-order valence-corrected chi connectivity index (χ3v) is 4.23. The third kappa shape index (κ3) is 4.45. The molecule has 0 aliphatic heterocycles. The van der Waals surface area contributed by atoms with Gasteiger partial charge < -0.3 is 19.7 Å². The molecule has 7 heteroatoms. The van der Waals surface area contributed by atoms with Crippen LogP contribution in [-0.4, -0.2) is 28.2 Å². The van der Waals surface area contributed by atoms with E-state index in [4.69, 9.17) is 9.84 Å². The molecule has 0 aliphatic rings. The first-order valence-electron chi connectivity index (χ1n) is 8.98. The number of carbonyl (C=O) groups is 2. The Labute approximate surface area is 167 Å². The van der Waals surface area contributed by atoms with Crippen LogP contribution in [0.2, 0.25) is 0 Å². The third-order valence-electron chi connectivity index (χ3n) is 4.23. The zero-order valence-corrected chi connectivity index (χ0v) is 15.8. The van der Waals surface area contributed by atoms with E-state index in [1.54, 1.807) is 47.2 Å². The molecule has 0 bridgehead atoms. The summed E-state index contributed by atoms with van der Waals surface area (Å²) < 4.78 is 7.06. The number of carboxylic acid groups (broad SMARTS) is 1.